The van der Waals surface area contributed by atoms with Crippen LogP contribution in [0.4, 0.5) is 5.69 Å². The van der Waals surface area contributed by atoms with Gasteiger partial charge < -0.3 is 17.2 Å². The van der Waals surface area contributed by atoms with E-state index in [1.54, 1.807) is 12.1 Å². The standard InChI is InChI=1S/C16H28N6O2S/c1-11(2)9-22(10-12(3)4)25(23,24)14-7-5-13(6-8-14)20-16(19)21-15(17)18/h5-8,11-12H,9-10H2,1-4H3,(H6,17,18,19,20,21). The van der Waals surface area contributed by atoms with Crippen LogP contribution in [0.3, 0.4) is 0 Å². The van der Waals surface area contributed by atoms with Gasteiger partial charge in [0.25, 0.3) is 0 Å². The maximum absolute atomic E-state index is 12.9. The van der Waals surface area contributed by atoms with E-state index in [4.69, 9.17) is 17.2 Å². The molecule has 0 spiro atoms. The molecule has 140 valence electrons. The smallest absolute Gasteiger partial charge is 0.243 e. The molecule has 0 amide bonds. The predicted octanol–water partition coefficient (Wildman–Crippen LogP) is 1.21. The van der Waals surface area contributed by atoms with Crippen molar-refractivity contribution in [1.82, 2.24) is 4.31 Å². The largest absolute Gasteiger partial charge is 0.370 e. The van der Waals surface area contributed by atoms with Gasteiger partial charge in [0.05, 0.1) is 10.6 Å². The number of nitrogens with zero attached hydrogens (tertiary/aromatic N) is 3. The number of rotatable bonds is 7. The summed E-state index contributed by atoms with van der Waals surface area (Å²) in [6, 6.07) is 6.13. The zero-order valence-corrected chi connectivity index (χ0v) is 16.0. The Morgan fingerprint density at radius 2 is 1.48 bits per heavy atom. The lowest BCUT2D eigenvalue weighted by Crippen LogP contribution is -2.36. The van der Waals surface area contributed by atoms with Crippen LogP contribution in [0.25, 0.3) is 0 Å². The van der Waals surface area contributed by atoms with Crippen LogP contribution in [0.5, 0.6) is 0 Å². The summed E-state index contributed by atoms with van der Waals surface area (Å²) in [5, 5.41) is 0. The van der Waals surface area contributed by atoms with Gasteiger partial charge >= 0.3 is 0 Å². The van der Waals surface area contributed by atoms with Crippen LogP contribution >= 0.6 is 0 Å². The van der Waals surface area contributed by atoms with Crippen molar-refractivity contribution in [3.05, 3.63) is 24.3 Å². The molecule has 1 rings (SSSR count). The van der Waals surface area contributed by atoms with Crippen LogP contribution in [-0.2, 0) is 10.0 Å². The third kappa shape index (κ3) is 6.71. The fourth-order valence-electron chi connectivity index (χ4n) is 2.22. The van der Waals surface area contributed by atoms with Gasteiger partial charge in [-0.3, -0.25) is 0 Å². The summed E-state index contributed by atoms with van der Waals surface area (Å²) in [5.74, 6) is 0.170. The molecule has 0 unspecified atom stereocenters. The Kier molecular flexibility index (Phi) is 7.38. The number of hydrogen-bond acceptors (Lipinski definition) is 3. The van der Waals surface area contributed by atoms with E-state index < -0.39 is 10.0 Å². The molecule has 6 N–H and O–H groups in total. The highest BCUT2D eigenvalue weighted by molar-refractivity contribution is 7.89. The number of aliphatic imine (C=N–C) groups is 2. The molecule has 0 aliphatic heterocycles. The molecule has 0 aliphatic carbocycles. The average molecular weight is 369 g/mol. The van der Waals surface area contributed by atoms with Gasteiger partial charge in [-0.25, -0.2) is 13.4 Å². The summed E-state index contributed by atoms with van der Waals surface area (Å²) >= 11 is 0. The highest BCUT2D eigenvalue weighted by atomic mass is 32.2. The topological polar surface area (TPSA) is 140 Å². The molecule has 1 aromatic rings. The minimum absolute atomic E-state index is 0.100. The van der Waals surface area contributed by atoms with E-state index in [-0.39, 0.29) is 28.7 Å². The third-order valence-electron chi connectivity index (χ3n) is 3.10. The molecule has 8 nitrogen and oxygen atoms in total. The normalized spacial score (nSPS) is 12.8. The Morgan fingerprint density at radius 3 is 1.88 bits per heavy atom. The van der Waals surface area contributed by atoms with Crippen molar-refractivity contribution in [3.8, 4) is 0 Å². The molecule has 0 atom stereocenters. The lowest BCUT2D eigenvalue weighted by Gasteiger charge is -2.25. The molecule has 0 saturated carbocycles. The maximum atomic E-state index is 12.9. The third-order valence-corrected chi connectivity index (χ3v) is 4.95. The van der Waals surface area contributed by atoms with Gasteiger partial charge in [-0.05, 0) is 36.1 Å². The van der Waals surface area contributed by atoms with Crippen LogP contribution < -0.4 is 17.2 Å². The molecule has 25 heavy (non-hydrogen) atoms. The van der Waals surface area contributed by atoms with Crippen LogP contribution in [-0.4, -0.2) is 37.7 Å². The SMILES string of the molecule is CC(C)CN(CC(C)C)S(=O)(=O)c1ccc(N=C(N)N=C(N)N)cc1. The molecule has 9 heteroatoms. The van der Waals surface area contributed by atoms with Gasteiger partial charge in [0.1, 0.15) is 0 Å². The van der Waals surface area contributed by atoms with Gasteiger partial charge in [0.2, 0.25) is 16.0 Å². The summed E-state index contributed by atoms with van der Waals surface area (Å²) in [4.78, 5) is 7.83. The zero-order chi connectivity index (χ0) is 19.2. The molecule has 0 aliphatic rings. The summed E-state index contributed by atoms with van der Waals surface area (Å²) < 4.78 is 27.3. The van der Waals surface area contributed by atoms with E-state index in [2.05, 4.69) is 9.98 Å². The molecule has 0 aromatic heterocycles. The quantitative estimate of drug-likeness (QED) is 0.490. The van der Waals surface area contributed by atoms with E-state index in [1.807, 2.05) is 27.7 Å². The number of sulfonamides is 1. The van der Waals surface area contributed by atoms with E-state index in [9.17, 15) is 8.42 Å². The molecule has 0 heterocycles. The predicted molar refractivity (Wildman–Crippen MR) is 102 cm³/mol. The summed E-state index contributed by atoms with van der Waals surface area (Å²) in [5.41, 5.74) is 16.5. The second kappa shape index (κ2) is 8.82. The van der Waals surface area contributed by atoms with Gasteiger partial charge in [-0.1, -0.05) is 27.7 Å². The van der Waals surface area contributed by atoms with Crippen molar-refractivity contribution in [2.24, 2.45) is 39.0 Å². The lowest BCUT2D eigenvalue weighted by molar-refractivity contribution is 0.333. The van der Waals surface area contributed by atoms with Crippen molar-refractivity contribution in [2.75, 3.05) is 13.1 Å². The number of nitrogens with two attached hydrogens (primary N) is 3. The Labute approximate surface area is 149 Å². The minimum atomic E-state index is -3.57. The van der Waals surface area contributed by atoms with Crippen LogP contribution in [0.1, 0.15) is 27.7 Å². The van der Waals surface area contributed by atoms with Crippen LogP contribution in [0.15, 0.2) is 39.1 Å². The summed E-state index contributed by atoms with van der Waals surface area (Å²) in [6.45, 7) is 8.91. The monoisotopic (exact) mass is 368 g/mol. The highest BCUT2D eigenvalue weighted by Gasteiger charge is 2.25. The molecule has 1 aromatic carbocycles. The van der Waals surface area contributed by atoms with Gasteiger partial charge in [-0.2, -0.15) is 9.30 Å². The van der Waals surface area contributed by atoms with Crippen molar-refractivity contribution in [1.29, 1.82) is 0 Å². The second-order valence-corrected chi connectivity index (χ2v) is 8.55. The van der Waals surface area contributed by atoms with Gasteiger partial charge in [0.15, 0.2) is 5.96 Å². The first-order valence-corrected chi connectivity index (χ1v) is 9.50. The Bertz CT molecular complexity index is 709. The number of benzene rings is 1. The molecular formula is C16H28N6O2S. The lowest BCUT2D eigenvalue weighted by atomic mass is 10.2. The van der Waals surface area contributed by atoms with E-state index in [0.29, 0.717) is 18.8 Å². The minimum Gasteiger partial charge on any atom is -0.370 e. The van der Waals surface area contributed by atoms with Crippen molar-refractivity contribution in [2.45, 2.75) is 32.6 Å². The van der Waals surface area contributed by atoms with Crippen LogP contribution in [0.2, 0.25) is 0 Å². The van der Waals surface area contributed by atoms with Crippen molar-refractivity contribution in [3.63, 3.8) is 0 Å². The molecular weight excluding hydrogens is 340 g/mol. The Hall–Kier alpha value is -2.13. The van der Waals surface area contributed by atoms with E-state index >= 15 is 0 Å². The first kappa shape index (κ1) is 20.9. The molecule has 0 bridgehead atoms. The molecule has 0 radical (unpaired) electrons. The van der Waals surface area contributed by atoms with Crippen molar-refractivity contribution < 1.29 is 8.42 Å². The number of guanidine groups is 2. The summed E-state index contributed by atoms with van der Waals surface area (Å²) in [7, 11) is -3.57. The zero-order valence-electron chi connectivity index (χ0n) is 15.2. The second-order valence-electron chi connectivity index (χ2n) is 6.61. The van der Waals surface area contributed by atoms with Gasteiger partial charge in [0, 0.05) is 13.1 Å². The highest BCUT2D eigenvalue weighted by Crippen LogP contribution is 2.22. The fraction of sp³-hybridized carbons (Fsp3) is 0.500. The molecule has 0 fully saturated rings. The summed E-state index contributed by atoms with van der Waals surface area (Å²) in [6.07, 6.45) is 0. The first-order chi connectivity index (χ1) is 11.5. The van der Waals surface area contributed by atoms with E-state index in [0.717, 1.165) is 0 Å². The maximum Gasteiger partial charge on any atom is 0.243 e. The number of hydrogen-bond donors (Lipinski definition) is 3. The fourth-order valence-corrected chi connectivity index (χ4v) is 3.98. The Morgan fingerprint density at radius 1 is 1.00 bits per heavy atom. The average Bonchev–Trinajstić information content (AvgIpc) is 2.45. The van der Waals surface area contributed by atoms with Gasteiger partial charge in [-0.15, -0.1) is 0 Å². The van der Waals surface area contributed by atoms with Crippen molar-refractivity contribution >= 4 is 27.6 Å². The molecule has 0 saturated heterocycles. The van der Waals surface area contributed by atoms with Crippen LogP contribution in [0, 0.1) is 11.8 Å². The Balaban J connectivity index is 3.11. The van der Waals surface area contributed by atoms with E-state index in [1.165, 1.54) is 16.4 Å². The first-order valence-electron chi connectivity index (χ1n) is 8.06.